The van der Waals surface area contributed by atoms with Crippen molar-refractivity contribution < 1.29 is 4.74 Å². The van der Waals surface area contributed by atoms with Crippen molar-refractivity contribution in [3.05, 3.63) is 55.4 Å². The molecule has 0 aliphatic heterocycles. The van der Waals surface area contributed by atoms with E-state index in [1.807, 2.05) is 31.2 Å². The average Bonchev–Trinajstić information content (AvgIpc) is 2.42. The van der Waals surface area contributed by atoms with Crippen molar-refractivity contribution in [2.75, 3.05) is 12.4 Å². The topological polar surface area (TPSA) is 21.3 Å². The lowest BCUT2D eigenvalue weighted by atomic mass is 10.1. The monoisotopic (exact) mass is 431 g/mol. The number of ether oxygens (including phenoxy) is 1. The molecule has 0 spiro atoms. The maximum Gasteiger partial charge on any atom is 0.143 e. The van der Waals surface area contributed by atoms with E-state index in [0.717, 1.165) is 25.9 Å². The van der Waals surface area contributed by atoms with Crippen LogP contribution in [0.5, 0.6) is 5.75 Å². The highest BCUT2D eigenvalue weighted by molar-refractivity contribution is 9.11. The number of anilines is 1. The van der Waals surface area contributed by atoms with Crippen molar-refractivity contribution in [3.8, 4) is 5.75 Å². The van der Waals surface area contributed by atoms with E-state index in [0.29, 0.717) is 5.02 Å². The molecule has 0 heterocycles. The van der Waals surface area contributed by atoms with Crippen molar-refractivity contribution in [1.82, 2.24) is 0 Å². The maximum absolute atomic E-state index is 6.14. The maximum atomic E-state index is 6.14. The minimum Gasteiger partial charge on any atom is -0.495 e. The van der Waals surface area contributed by atoms with Crippen LogP contribution in [0.2, 0.25) is 5.02 Å². The van der Waals surface area contributed by atoms with Gasteiger partial charge in [-0.05, 0) is 43.2 Å². The Labute approximate surface area is 147 Å². The average molecular weight is 434 g/mol. The predicted molar refractivity (Wildman–Crippen MR) is 96.6 cm³/mol. The number of rotatable bonds is 4. The molecule has 112 valence electrons. The van der Waals surface area contributed by atoms with Crippen molar-refractivity contribution in [2.24, 2.45) is 0 Å². The van der Waals surface area contributed by atoms with Crippen LogP contribution < -0.4 is 10.1 Å². The van der Waals surface area contributed by atoms with Crippen molar-refractivity contribution in [3.63, 3.8) is 0 Å². The Morgan fingerprint density at radius 1 is 1.19 bits per heavy atom. The van der Waals surface area contributed by atoms with Crippen LogP contribution >= 0.6 is 43.5 Å². The summed E-state index contributed by atoms with van der Waals surface area (Å²) in [6, 6.07) is 10.1. The summed E-state index contributed by atoms with van der Waals surface area (Å²) in [6.07, 6.45) is 0. The molecule has 1 N–H and O–H groups in total. The third kappa shape index (κ3) is 3.93. The van der Waals surface area contributed by atoms with Crippen LogP contribution in [0.1, 0.15) is 24.1 Å². The first-order chi connectivity index (χ1) is 9.92. The van der Waals surface area contributed by atoms with Gasteiger partial charge in [-0.2, -0.15) is 0 Å². The first-order valence-electron chi connectivity index (χ1n) is 6.48. The van der Waals surface area contributed by atoms with Crippen LogP contribution in [0.15, 0.2) is 39.3 Å². The third-order valence-electron chi connectivity index (χ3n) is 3.28. The van der Waals surface area contributed by atoms with Gasteiger partial charge in [-0.25, -0.2) is 0 Å². The molecule has 5 heteroatoms. The molecule has 2 aromatic rings. The van der Waals surface area contributed by atoms with Gasteiger partial charge in [0.2, 0.25) is 0 Å². The lowest BCUT2D eigenvalue weighted by molar-refractivity contribution is 0.416. The lowest BCUT2D eigenvalue weighted by Gasteiger charge is -2.20. The van der Waals surface area contributed by atoms with E-state index in [-0.39, 0.29) is 6.04 Å². The summed E-state index contributed by atoms with van der Waals surface area (Å²) >= 11 is 13.2. The summed E-state index contributed by atoms with van der Waals surface area (Å²) in [5, 5.41) is 4.18. The van der Waals surface area contributed by atoms with E-state index in [2.05, 4.69) is 50.2 Å². The molecule has 2 nitrogen and oxygen atoms in total. The van der Waals surface area contributed by atoms with Crippen LogP contribution in [0.3, 0.4) is 0 Å². The zero-order chi connectivity index (χ0) is 15.6. The Balaban J connectivity index is 2.31. The first kappa shape index (κ1) is 16.7. The molecule has 21 heavy (non-hydrogen) atoms. The Bertz CT molecular complexity index is 661. The standard InChI is InChI=1S/C16H16Br2ClNO/c1-9-6-15(16(21-3)8-14(9)19)20-10(2)12-5-4-11(17)7-13(12)18/h4-8,10,20H,1-3H3. The van der Waals surface area contributed by atoms with Gasteiger partial charge in [0.25, 0.3) is 0 Å². The summed E-state index contributed by atoms with van der Waals surface area (Å²) in [6.45, 7) is 4.09. The number of hydrogen-bond acceptors (Lipinski definition) is 2. The van der Waals surface area contributed by atoms with Gasteiger partial charge in [0.15, 0.2) is 0 Å². The molecule has 2 rings (SSSR count). The summed E-state index contributed by atoms with van der Waals surface area (Å²) in [4.78, 5) is 0. The van der Waals surface area contributed by atoms with E-state index in [1.54, 1.807) is 7.11 Å². The molecule has 1 atom stereocenters. The highest BCUT2D eigenvalue weighted by atomic mass is 79.9. The molecule has 1 unspecified atom stereocenters. The minimum atomic E-state index is 0.127. The Kier molecular flexibility index (Phi) is 5.58. The van der Waals surface area contributed by atoms with Crippen molar-refractivity contribution in [2.45, 2.75) is 19.9 Å². The molecule has 2 aromatic carbocycles. The van der Waals surface area contributed by atoms with Gasteiger partial charge in [-0.3, -0.25) is 0 Å². The number of hydrogen-bond donors (Lipinski definition) is 1. The highest BCUT2D eigenvalue weighted by Gasteiger charge is 2.13. The minimum absolute atomic E-state index is 0.127. The zero-order valence-corrected chi connectivity index (χ0v) is 15.9. The van der Waals surface area contributed by atoms with Gasteiger partial charge in [-0.15, -0.1) is 0 Å². The molecule has 0 aromatic heterocycles. The van der Waals surface area contributed by atoms with Crippen LogP contribution in [-0.4, -0.2) is 7.11 Å². The molecule has 0 radical (unpaired) electrons. The fraction of sp³-hybridized carbons (Fsp3) is 0.250. The Morgan fingerprint density at radius 2 is 1.90 bits per heavy atom. The molecular formula is C16H16Br2ClNO. The largest absolute Gasteiger partial charge is 0.495 e. The quantitative estimate of drug-likeness (QED) is 0.606. The number of aryl methyl sites for hydroxylation is 1. The molecule has 0 fully saturated rings. The Hall–Kier alpha value is -0.710. The van der Waals surface area contributed by atoms with E-state index >= 15 is 0 Å². The van der Waals surface area contributed by atoms with E-state index in [1.165, 1.54) is 5.56 Å². The number of halogens is 3. The second kappa shape index (κ2) is 7.03. The van der Waals surface area contributed by atoms with E-state index < -0.39 is 0 Å². The predicted octanol–water partition coefficient (Wildman–Crippen LogP) is 6.36. The lowest BCUT2D eigenvalue weighted by Crippen LogP contribution is -2.08. The summed E-state index contributed by atoms with van der Waals surface area (Å²) in [7, 11) is 1.65. The van der Waals surface area contributed by atoms with Crippen LogP contribution in [0, 0.1) is 6.92 Å². The molecule has 0 aliphatic carbocycles. The Morgan fingerprint density at radius 3 is 2.52 bits per heavy atom. The van der Waals surface area contributed by atoms with Gasteiger partial charge in [0.05, 0.1) is 12.8 Å². The third-order valence-corrected chi connectivity index (χ3v) is 4.87. The number of benzene rings is 2. The van der Waals surface area contributed by atoms with E-state index in [4.69, 9.17) is 16.3 Å². The van der Waals surface area contributed by atoms with Gasteiger partial charge in [0.1, 0.15) is 5.75 Å². The first-order valence-corrected chi connectivity index (χ1v) is 8.44. The smallest absolute Gasteiger partial charge is 0.143 e. The fourth-order valence-electron chi connectivity index (χ4n) is 2.11. The summed E-state index contributed by atoms with van der Waals surface area (Å²) < 4.78 is 7.50. The van der Waals surface area contributed by atoms with Crippen LogP contribution in [-0.2, 0) is 0 Å². The fourth-order valence-corrected chi connectivity index (χ4v) is 3.65. The SMILES string of the molecule is COc1cc(Cl)c(C)cc1NC(C)c1ccc(Br)cc1Br. The molecule has 0 aliphatic rings. The van der Waals surface area contributed by atoms with E-state index in [9.17, 15) is 0 Å². The molecule has 0 bridgehead atoms. The van der Waals surface area contributed by atoms with Crippen LogP contribution in [0.25, 0.3) is 0 Å². The van der Waals surface area contributed by atoms with Gasteiger partial charge in [0, 0.05) is 26.1 Å². The second-order valence-corrected chi connectivity index (χ2v) is 7.01. The van der Waals surface area contributed by atoms with Crippen molar-refractivity contribution in [1.29, 1.82) is 0 Å². The molecule has 0 saturated carbocycles. The number of nitrogens with one attached hydrogen (secondary N) is 1. The van der Waals surface area contributed by atoms with Gasteiger partial charge in [-0.1, -0.05) is 49.5 Å². The summed E-state index contributed by atoms with van der Waals surface area (Å²) in [5.41, 5.74) is 3.12. The second-order valence-electron chi connectivity index (χ2n) is 4.83. The molecular weight excluding hydrogens is 417 g/mol. The molecule has 0 saturated heterocycles. The van der Waals surface area contributed by atoms with Crippen LogP contribution in [0.4, 0.5) is 5.69 Å². The van der Waals surface area contributed by atoms with Gasteiger partial charge >= 0.3 is 0 Å². The zero-order valence-electron chi connectivity index (χ0n) is 12.0. The normalized spacial score (nSPS) is 12.1. The number of methoxy groups -OCH3 is 1. The highest BCUT2D eigenvalue weighted by Crippen LogP contribution is 2.35. The summed E-state index contributed by atoms with van der Waals surface area (Å²) in [5.74, 6) is 0.741. The van der Waals surface area contributed by atoms with Crippen molar-refractivity contribution >= 4 is 49.1 Å². The molecule has 0 amide bonds. The van der Waals surface area contributed by atoms with Gasteiger partial charge < -0.3 is 10.1 Å².